The average molecular weight is 317 g/mol. The van der Waals surface area contributed by atoms with Crippen LogP contribution in [0.5, 0.6) is 0 Å². The zero-order chi connectivity index (χ0) is 17.3. The fourth-order valence-corrected chi connectivity index (χ4v) is 3.29. The molecule has 3 rings (SSSR count). The predicted molar refractivity (Wildman–Crippen MR) is 106 cm³/mol. The molecule has 0 heterocycles. The molecule has 0 unspecified atom stereocenters. The lowest BCUT2D eigenvalue weighted by atomic mass is 9.95. The molecule has 1 nitrogen and oxygen atoms in total. The Bertz CT molecular complexity index is 781. The van der Waals surface area contributed by atoms with E-state index in [1.807, 2.05) is 0 Å². The van der Waals surface area contributed by atoms with Crippen LogP contribution in [0.25, 0.3) is 11.1 Å². The molecule has 124 valence electrons. The number of aliphatic imine (C=N–C) groups is 1. The van der Waals surface area contributed by atoms with Gasteiger partial charge in [0.1, 0.15) is 0 Å². The van der Waals surface area contributed by atoms with Gasteiger partial charge < -0.3 is 0 Å². The number of allylic oxidation sites excluding steroid dienone is 2. The Morgan fingerprint density at radius 3 is 1.71 bits per heavy atom. The van der Waals surface area contributed by atoms with Crippen LogP contribution in [-0.4, -0.2) is 11.3 Å². The van der Waals surface area contributed by atoms with E-state index in [4.69, 9.17) is 4.99 Å². The average Bonchev–Trinajstić information content (AvgIpc) is 2.90. The van der Waals surface area contributed by atoms with Gasteiger partial charge in [0.2, 0.25) is 0 Å². The lowest BCUT2D eigenvalue weighted by Gasteiger charge is -2.16. The molecule has 1 heteroatoms. The molecule has 0 aromatic heterocycles. The summed E-state index contributed by atoms with van der Waals surface area (Å²) in [6.07, 6.45) is 2.10. The van der Waals surface area contributed by atoms with E-state index in [0.29, 0.717) is 0 Å². The Morgan fingerprint density at radius 1 is 0.708 bits per heavy atom. The topological polar surface area (TPSA) is 12.4 Å². The zero-order valence-electron chi connectivity index (χ0n) is 15.5. The minimum Gasteiger partial charge on any atom is -0.283 e. The molecule has 0 saturated heterocycles. The number of hydrogen-bond acceptors (Lipinski definition) is 1. The molecule has 2 aromatic rings. The molecular formula is C23H27N. The van der Waals surface area contributed by atoms with Crippen LogP contribution in [0.2, 0.25) is 0 Å². The van der Waals surface area contributed by atoms with E-state index in [1.165, 1.54) is 39.1 Å². The minimum atomic E-state index is -0.0476. The van der Waals surface area contributed by atoms with Crippen molar-refractivity contribution in [1.82, 2.24) is 0 Å². The smallest absolute Gasteiger partial charge is 0.0527 e. The van der Waals surface area contributed by atoms with E-state index in [-0.39, 0.29) is 5.54 Å². The third kappa shape index (κ3) is 3.67. The molecule has 0 spiro atoms. The maximum Gasteiger partial charge on any atom is 0.0527 e. The quantitative estimate of drug-likeness (QED) is 0.621. The molecule has 0 N–H and O–H groups in total. The highest BCUT2D eigenvalue weighted by Crippen LogP contribution is 2.39. The zero-order valence-corrected chi connectivity index (χ0v) is 15.5. The summed E-state index contributed by atoms with van der Waals surface area (Å²) in [5.74, 6) is 0. The van der Waals surface area contributed by atoms with E-state index in [9.17, 15) is 0 Å². The van der Waals surface area contributed by atoms with Crippen LogP contribution in [0.4, 0.5) is 0 Å². The van der Waals surface area contributed by atoms with Crippen molar-refractivity contribution in [3.8, 4) is 0 Å². The summed E-state index contributed by atoms with van der Waals surface area (Å²) >= 11 is 0. The van der Waals surface area contributed by atoms with Gasteiger partial charge in [0.15, 0.2) is 0 Å². The van der Waals surface area contributed by atoms with Crippen molar-refractivity contribution in [3.63, 3.8) is 0 Å². The highest BCUT2D eigenvalue weighted by Gasteiger charge is 2.25. The number of nitrogens with zero attached hydrogens (tertiary/aromatic N) is 1. The van der Waals surface area contributed by atoms with Gasteiger partial charge in [-0.1, -0.05) is 59.7 Å². The van der Waals surface area contributed by atoms with Crippen LogP contribution < -0.4 is 0 Å². The molecule has 0 fully saturated rings. The van der Waals surface area contributed by atoms with Crippen molar-refractivity contribution in [2.75, 3.05) is 0 Å². The van der Waals surface area contributed by atoms with Crippen molar-refractivity contribution in [2.45, 2.75) is 53.0 Å². The fourth-order valence-electron chi connectivity index (χ4n) is 3.29. The number of rotatable bonds is 2. The summed E-state index contributed by atoms with van der Waals surface area (Å²) in [4.78, 5) is 5.04. The first kappa shape index (κ1) is 16.7. The largest absolute Gasteiger partial charge is 0.283 e. The third-order valence-electron chi connectivity index (χ3n) is 4.41. The van der Waals surface area contributed by atoms with Crippen molar-refractivity contribution < 1.29 is 0 Å². The van der Waals surface area contributed by atoms with E-state index >= 15 is 0 Å². The maximum absolute atomic E-state index is 5.04. The van der Waals surface area contributed by atoms with Gasteiger partial charge in [-0.25, -0.2) is 0 Å². The Morgan fingerprint density at radius 2 is 1.21 bits per heavy atom. The lowest BCUT2D eigenvalue weighted by Crippen LogP contribution is -2.14. The van der Waals surface area contributed by atoms with Crippen molar-refractivity contribution >= 4 is 16.9 Å². The van der Waals surface area contributed by atoms with E-state index < -0.39 is 0 Å². The van der Waals surface area contributed by atoms with Crippen molar-refractivity contribution in [2.24, 2.45) is 4.99 Å². The van der Waals surface area contributed by atoms with Gasteiger partial charge in [0.25, 0.3) is 0 Å². The second-order valence-electron chi connectivity index (χ2n) is 7.81. The van der Waals surface area contributed by atoms with Gasteiger partial charge in [-0.15, -0.1) is 0 Å². The number of hydrogen-bond donors (Lipinski definition) is 0. The van der Waals surface area contributed by atoms with Crippen LogP contribution in [-0.2, 0) is 0 Å². The van der Waals surface area contributed by atoms with Crippen LogP contribution in [0.3, 0.4) is 0 Å². The van der Waals surface area contributed by atoms with Crippen molar-refractivity contribution in [3.05, 3.63) is 70.8 Å². The van der Waals surface area contributed by atoms with Gasteiger partial charge in [-0.2, -0.15) is 0 Å². The molecule has 2 aromatic carbocycles. The molecule has 0 saturated carbocycles. The van der Waals surface area contributed by atoms with Gasteiger partial charge in [0.05, 0.1) is 5.54 Å². The first-order valence-electron chi connectivity index (χ1n) is 8.80. The van der Waals surface area contributed by atoms with Crippen LogP contribution in [0.1, 0.15) is 55.9 Å². The standard InChI is InChI=1S/C23H27N/c1-16-6-10-18(11-7-16)20-14-15-21(24-23(3,4)5)22(20)19-12-8-17(2)9-13-19/h6-13H,14-15H2,1-5H3. The second-order valence-corrected chi connectivity index (χ2v) is 7.81. The van der Waals surface area contributed by atoms with Gasteiger partial charge >= 0.3 is 0 Å². The fraction of sp³-hybridized carbons (Fsp3) is 0.348. The SMILES string of the molecule is Cc1ccc(C2=C(c3ccc(C)cc3)C(=NC(C)(C)C)CC2)cc1. The van der Waals surface area contributed by atoms with Crippen LogP contribution in [0, 0.1) is 13.8 Å². The molecule has 0 atom stereocenters. The summed E-state index contributed by atoms with van der Waals surface area (Å²) < 4.78 is 0. The summed E-state index contributed by atoms with van der Waals surface area (Å²) in [6.45, 7) is 10.8. The lowest BCUT2D eigenvalue weighted by molar-refractivity contribution is 0.583. The minimum absolute atomic E-state index is 0.0476. The summed E-state index contributed by atoms with van der Waals surface area (Å²) in [6, 6.07) is 17.8. The monoisotopic (exact) mass is 317 g/mol. The number of benzene rings is 2. The first-order valence-corrected chi connectivity index (χ1v) is 8.80. The van der Waals surface area contributed by atoms with Gasteiger partial charge in [-0.05, 0) is 64.2 Å². The Kier molecular flexibility index (Phi) is 4.45. The Hall–Kier alpha value is -2.15. The molecule has 1 aliphatic rings. The second kappa shape index (κ2) is 6.39. The summed E-state index contributed by atoms with van der Waals surface area (Å²) in [7, 11) is 0. The molecular weight excluding hydrogens is 290 g/mol. The molecule has 0 amide bonds. The normalized spacial score (nSPS) is 17.0. The van der Waals surface area contributed by atoms with Crippen molar-refractivity contribution in [1.29, 1.82) is 0 Å². The van der Waals surface area contributed by atoms with E-state index in [1.54, 1.807) is 0 Å². The Labute approximate surface area is 146 Å². The molecule has 0 aliphatic heterocycles. The predicted octanol–water partition coefficient (Wildman–Crippen LogP) is 6.25. The van der Waals surface area contributed by atoms with E-state index in [2.05, 4.69) is 83.1 Å². The summed E-state index contributed by atoms with van der Waals surface area (Å²) in [5, 5.41) is 0. The maximum atomic E-state index is 5.04. The summed E-state index contributed by atoms with van der Waals surface area (Å²) in [5.41, 5.74) is 9.19. The molecule has 1 aliphatic carbocycles. The Balaban J connectivity index is 2.17. The van der Waals surface area contributed by atoms with E-state index in [0.717, 1.165) is 12.8 Å². The van der Waals surface area contributed by atoms with Crippen LogP contribution >= 0.6 is 0 Å². The first-order chi connectivity index (χ1) is 11.3. The highest BCUT2D eigenvalue weighted by atomic mass is 14.8. The van der Waals surface area contributed by atoms with Crippen LogP contribution in [0.15, 0.2) is 53.5 Å². The molecule has 24 heavy (non-hydrogen) atoms. The highest BCUT2D eigenvalue weighted by molar-refractivity contribution is 6.33. The molecule has 0 radical (unpaired) electrons. The number of aryl methyl sites for hydroxylation is 2. The van der Waals surface area contributed by atoms with Gasteiger partial charge in [0, 0.05) is 11.3 Å². The third-order valence-corrected chi connectivity index (χ3v) is 4.41. The van der Waals surface area contributed by atoms with Gasteiger partial charge in [-0.3, -0.25) is 4.99 Å². The molecule has 0 bridgehead atoms.